The van der Waals surface area contributed by atoms with Crippen molar-refractivity contribution in [1.29, 1.82) is 0 Å². The summed E-state index contributed by atoms with van der Waals surface area (Å²) in [6, 6.07) is 0. The van der Waals surface area contributed by atoms with Gasteiger partial charge in [0, 0.05) is 0 Å². The smallest absolute Gasteiger partial charge is 0.0550 e. The van der Waals surface area contributed by atoms with Gasteiger partial charge in [-0.3, -0.25) is 4.99 Å². The molecule has 1 heteroatoms. The highest BCUT2D eigenvalue weighted by atomic mass is 14.8. The summed E-state index contributed by atoms with van der Waals surface area (Å²) in [6.07, 6.45) is 4.47. The molecule has 1 heterocycles. The highest BCUT2D eigenvalue weighted by Crippen LogP contribution is 2.25. The molecule has 0 fully saturated rings. The second kappa shape index (κ2) is 4.53. The lowest BCUT2D eigenvalue weighted by Gasteiger charge is -2.27. The van der Waals surface area contributed by atoms with Crippen LogP contribution in [0.5, 0.6) is 0 Å². The third-order valence-corrected chi connectivity index (χ3v) is 1.80. The van der Waals surface area contributed by atoms with E-state index in [4.69, 9.17) is 0 Å². The first-order valence-corrected chi connectivity index (χ1v) is 4.64. The van der Waals surface area contributed by atoms with Crippen LogP contribution in [0.2, 0.25) is 0 Å². The van der Waals surface area contributed by atoms with Gasteiger partial charge < -0.3 is 0 Å². The van der Waals surface area contributed by atoms with Crippen LogP contribution in [0.3, 0.4) is 0 Å². The molecule has 0 saturated heterocycles. The molecule has 0 N–H and O–H groups in total. The van der Waals surface area contributed by atoms with E-state index in [-0.39, 0.29) is 5.54 Å². The van der Waals surface area contributed by atoms with E-state index in [1.165, 1.54) is 12.8 Å². The summed E-state index contributed by atoms with van der Waals surface area (Å²) >= 11 is 0. The van der Waals surface area contributed by atoms with Crippen molar-refractivity contribution in [1.82, 2.24) is 0 Å². The minimum absolute atomic E-state index is 0.220. The van der Waals surface area contributed by atoms with Gasteiger partial charge in [-0.25, -0.2) is 0 Å². The van der Waals surface area contributed by atoms with Gasteiger partial charge in [-0.05, 0) is 38.8 Å². The summed E-state index contributed by atoms with van der Waals surface area (Å²) in [6.45, 7) is 10.7. The monoisotopic (exact) mass is 155 g/mol. The Kier molecular flexibility index (Phi) is 4.39. The summed E-state index contributed by atoms with van der Waals surface area (Å²) in [5, 5.41) is 0. The topological polar surface area (TPSA) is 12.4 Å². The van der Waals surface area contributed by atoms with E-state index in [9.17, 15) is 0 Å². The zero-order chi connectivity index (χ0) is 8.91. The lowest BCUT2D eigenvalue weighted by molar-refractivity contribution is 0.373. The summed E-state index contributed by atoms with van der Waals surface area (Å²) in [4.78, 5) is 4.39. The lowest BCUT2D eigenvalue weighted by Crippen LogP contribution is -2.24. The van der Waals surface area contributed by atoms with E-state index < -0.39 is 0 Å². The van der Waals surface area contributed by atoms with Crippen molar-refractivity contribution in [3.05, 3.63) is 0 Å². The quantitative estimate of drug-likeness (QED) is 0.509. The molecule has 0 spiro atoms. The van der Waals surface area contributed by atoms with E-state index in [1.807, 2.05) is 13.8 Å². The van der Waals surface area contributed by atoms with E-state index in [0.29, 0.717) is 0 Å². The fraction of sp³-hybridized carbons (Fsp3) is 0.900. The van der Waals surface area contributed by atoms with Gasteiger partial charge in [0.1, 0.15) is 0 Å². The summed E-state index contributed by atoms with van der Waals surface area (Å²) in [5.74, 6) is 0.831. The van der Waals surface area contributed by atoms with Crippen LogP contribution in [0, 0.1) is 5.92 Å². The van der Waals surface area contributed by atoms with Gasteiger partial charge in [-0.2, -0.15) is 0 Å². The summed E-state index contributed by atoms with van der Waals surface area (Å²) in [7, 11) is 0. The molecule has 0 aromatic rings. The fourth-order valence-electron chi connectivity index (χ4n) is 1.47. The SMILES string of the molecule is CC.CC1CC=NC(C)(C)C1. The Morgan fingerprint density at radius 2 is 1.91 bits per heavy atom. The fourth-order valence-corrected chi connectivity index (χ4v) is 1.47. The van der Waals surface area contributed by atoms with Crippen LogP contribution in [-0.2, 0) is 0 Å². The largest absolute Gasteiger partial charge is 0.291 e. The van der Waals surface area contributed by atoms with Crippen molar-refractivity contribution in [2.45, 2.75) is 53.0 Å². The van der Waals surface area contributed by atoms with Gasteiger partial charge in [-0.1, -0.05) is 20.8 Å². The normalized spacial score (nSPS) is 27.2. The first kappa shape index (κ1) is 10.7. The third kappa shape index (κ3) is 4.18. The van der Waals surface area contributed by atoms with Gasteiger partial charge in [0.15, 0.2) is 0 Å². The molecule has 1 aliphatic heterocycles. The van der Waals surface area contributed by atoms with Gasteiger partial charge in [0.2, 0.25) is 0 Å². The molecule has 0 bridgehead atoms. The number of hydrogen-bond donors (Lipinski definition) is 0. The Balaban J connectivity index is 0.000000461. The van der Waals surface area contributed by atoms with E-state index in [1.54, 1.807) is 0 Å². The molecule has 0 saturated carbocycles. The van der Waals surface area contributed by atoms with E-state index >= 15 is 0 Å². The number of hydrogen-bond acceptors (Lipinski definition) is 1. The molecule has 0 radical (unpaired) electrons. The number of aliphatic imine (C=N–C) groups is 1. The number of rotatable bonds is 0. The molecular formula is C10H21N. The summed E-state index contributed by atoms with van der Waals surface area (Å²) < 4.78 is 0. The van der Waals surface area contributed by atoms with Gasteiger partial charge in [-0.15, -0.1) is 0 Å². The third-order valence-electron chi connectivity index (χ3n) is 1.80. The van der Waals surface area contributed by atoms with Crippen molar-refractivity contribution in [3.63, 3.8) is 0 Å². The predicted octanol–water partition coefficient (Wildman–Crippen LogP) is 3.29. The summed E-state index contributed by atoms with van der Waals surface area (Å²) in [5.41, 5.74) is 0.220. The highest BCUT2D eigenvalue weighted by molar-refractivity contribution is 5.59. The molecule has 66 valence electrons. The van der Waals surface area contributed by atoms with Crippen LogP contribution < -0.4 is 0 Å². The molecular weight excluding hydrogens is 134 g/mol. The van der Waals surface area contributed by atoms with E-state index in [2.05, 4.69) is 32.0 Å². The van der Waals surface area contributed by atoms with Gasteiger partial charge in [0.25, 0.3) is 0 Å². The highest BCUT2D eigenvalue weighted by Gasteiger charge is 2.21. The van der Waals surface area contributed by atoms with Gasteiger partial charge >= 0.3 is 0 Å². The molecule has 0 aliphatic carbocycles. The minimum atomic E-state index is 0.220. The minimum Gasteiger partial charge on any atom is -0.291 e. The van der Waals surface area contributed by atoms with Crippen molar-refractivity contribution >= 4 is 6.21 Å². The molecule has 0 aromatic carbocycles. The first-order valence-electron chi connectivity index (χ1n) is 4.64. The average molecular weight is 155 g/mol. The van der Waals surface area contributed by atoms with Crippen LogP contribution >= 0.6 is 0 Å². The Hall–Kier alpha value is -0.330. The molecule has 0 amide bonds. The van der Waals surface area contributed by atoms with Crippen LogP contribution in [0.25, 0.3) is 0 Å². The zero-order valence-electron chi connectivity index (χ0n) is 8.52. The molecule has 1 rings (SSSR count). The Bertz CT molecular complexity index is 125. The molecule has 1 atom stereocenters. The average Bonchev–Trinajstić information content (AvgIpc) is 1.89. The van der Waals surface area contributed by atoms with Crippen LogP contribution in [-0.4, -0.2) is 11.8 Å². The van der Waals surface area contributed by atoms with Crippen molar-refractivity contribution in [2.24, 2.45) is 10.9 Å². The maximum absolute atomic E-state index is 4.39. The predicted molar refractivity (Wildman–Crippen MR) is 52.3 cm³/mol. The van der Waals surface area contributed by atoms with Gasteiger partial charge in [0.05, 0.1) is 5.54 Å². The molecule has 0 aromatic heterocycles. The molecule has 1 aliphatic rings. The molecule has 11 heavy (non-hydrogen) atoms. The van der Waals surface area contributed by atoms with Crippen LogP contribution in [0.4, 0.5) is 0 Å². The van der Waals surface area contributed by atoms with E-state index in [0.717, 1.165) is 5.92 Å². The van der Waals surface area contributed by atoms with Crippen molar-refractivity contribution in [2.75, 3.05) is 0 Å². The second-order valence-electron chi connectivity index (χ2n) is 3.67. The standard InChI is InChI=1S/C8H15N.C2H6/c1-7-4-5-9-8(2,3)6-7;1-2/h5,7H,4,6H2,1-3H3;1-2H3. The van der Waals surface area contributed by atoms with Crippen LogP contribution in [0.15, 0.2) is 4.99 Å². The zero-order valence-corrected chi connectivity index (χ0v) is 8.52. The van der Waals surface area contributed by atoms with Crippen molar-refractivity contribution in [3.8, 4) is 0 Å². The molecule has 1 unspecified atom stereocenters. The Morgan fingerprint density at radius 1 is 1.36 bits per heavy atom. The lowest BCUT2D eigenvalue weighted by atomic mass is 9.88. The Morgan fingerprint density at radius 3 is 2.18 bits per heavy atom. The molecule has 1 nitrogen and oxygen atoms in total. The Labute approximate surface area is 70.9 Å². The maximum atomic E-state index is 4.39. The second-order valence-corrected chi connectivity index (χ2v) is 3.67. The first-order chi connectivity index (χ1) is 5.10. The van der Waals surface area contributed by atoms with Crippen LogP contribution in [0.1, 0.15) is 47.5 Å². The maximum Gasteiger partial charge on any atom is 0.0550 e. The number of nitrogens with zero attached hydrogens (tertiary/aromatic N) is 1. The van der Waals surface area contributed by atoms with Crippen molar-refractivity contribution < 1.29 is 0 Å².